The highest BCUT2D eigenvalue weighted by Gasteiger charge is 2.26. The highest BCUT2D eigenvalue weighted by Crippen LogP contribution is 2.26. The molecule has 0 bridgehead atoms. The zero-order chi connectivity index (χ0) is 14.5. The average Bonchev–Trinajstić information content (AvgIpc) is 2.87. The van der Waals surface area contributed by atoms with Crippen LogP contribution < -0.4 is 0 Å². The molecule has 6 nitrogen and oxygen atoms in total. The monoisotopic (exact) mass is 297 g/mol. The van der Waals surface area contributed by atoms with Crippen LogP contribution in [0.4, 0.5) is 0 Å². The predicted octanol–water partition coefficient (Wildman–Crippen LogP) is 1.75. The molecule has 1 amide bonds. The Morgan fingerprint density at radius 2 is 2.15 bits per heavy atom. The first kappa shape index (κ1) is 15.3. The summed E-state index contributed by atoms with van der Waals surface area (Å²) in [7, 11) is 1.77. The molecule has 20 heavy (non-hydrogen) atoms. The zero-order valence-electron chi connectivity index (χ0n) is 12.2. The van der Waals surface area contributed by atoms with Crippen LogP contribution in [-0.4, -0.2) is 43.6 Å². The summed E-state index contributed by atoms with van der Waals surface area (Å²) in [5.41, 5.74) is 0. The summed E-state index contributed by atoms with van der Waals surface area (Å²) in [6, 6.07) is 0.402. The van der Waals surface area contributed by atoms with Gasteiger partial charge >= 0.3 is 0 Å². The lowest BCUT2D eigenvalue weighted by Gasteiger charge is -2.34. The molecule has 0 spiro atoms. The zero-order valence-corrected chi connectivity index (χ0v) is 13.1. The lowest BCUT2D eigenvalue weighted by Crippen LogP contribution is -2.41. The fraction of sp³-hybridized carbons (Fsp3) is 0.846. The summed E-state index contributed by atoms with van der Waals surface area (Å²) in [5, 5.41) is 11.0. The second kappa shape index (κ2) is 7.06. The van der Waals surface area contributed by atoms with Gasteiger partial charge in [-0.15, -0.1) is 5.10 Å². The molecule has 1 heterocycles. The van der Waals surface area contributed by atoms with Crippen molar-refractivity contribution in [1.82, 2.24) is 25.1 Å². The highest BCUT2D eigenvalue weighted by atomic mass is 32.1. The molecule has 1 fully saturated rings. The number of amides is 1. The molecule has 0 aromatic carbocycles. The van der Waals surface area contributed by atoms with Crippen molar-refractivity contribution in [1.29, 1.82) is 0 Å². The molecule has 1 unspecified atom stereocenters. The van der Waals surface area contributed by atoms with E-state index < -0.39 is 0 Å². The van der Waals surface area contributed by atoms with Crippen LogP contribution in [0.15, 0.2) is 0 Å². The van der Waals surface area contributed by atoms with Gasteiger partial charge in [-0.05, 0) is 30.2 Å². The van der Waals surface area contributed by atoms with E-state index in [1.807, 2.05) is 11.8 Å². The molecule has 7 heteroatoms. The molecule has 1 atom stereocenters. The molecular formula is C13H23N5OS. The molecule has 0 aliphatic heterocycles. The lowest BCUT2D eigenvalue weighted by atomic mass is 9.94. The number of rotatable bonds is 5. The van der Waals surface area contributed by atoms with E-state index in [1.165, 1.54) is 19.3 Å². The van der Waals surface area contributed by atoms with E-state index in [9.17, 15) is 4.79 Å². The van der Waals surface area contributed by atoms with Gasteiger partial charge in [-0.1, -0.05) is 19.3 Å². The Hall–Kier alpha value is -1.11. The number of tetrazole rings is 1. The first-order valence-electron chi connectivity index (χ1n) is 7.33. The average molecular weight is 297 g/mol. The minimum Gasteiger partial charge on any atom is -0.340 e. The van der Waals surface area contributed by atoms with Crippen molar-refractivity contribution in [2.75, 3.05) is 6.54 Å². The number of thiol groups is 1. The minimum absolute atomic E-state index is 0.155. The molecule has 1 aliphatic rings. The number of nitrogens with zero attached hydrogens (tertiary/aromatic N) is 5. The summed E-state index contributed by atoms with van der Waals surface area (Å²) in [4.78, 5) is 14.5. The van der Waals surface area contributed by atoms with E-state index in [4.69, 9.17) is 0 Å². The molecule has 1 aromatic rings. The van der Waals surface area contributed by atoms with Crippen LogP contribution in [0.3, 0.4) is 0 Å². The van der Waals surface area contributed by atoms with E-state index >= 15 is 0 Å². The van der Waals surface area contributed by atoms with Gasteiger partial charge in [0.05, 0.1) is 5.25 Å². The fourth-order valence-electron chi connectivity index (χ4n) is 2.92. The van der Waals surface area contributed by atoms with Crippen LogP contribution in [-0.2, 0) is 11.8 Å². The first-order chi connectivity index (χ1) is 9.63. The third-order valence-electron chi connectivity index (χ3n) is 4.00. The quantitative estimate of drug-likeness (QED) is 0.841. The van der Waals surface area contributed by atoms with E-state index in [0.717, 1.165) is 19.4 Å². The Bertz CT molecular complexity index is 444. The summed E-state index contributed by atoms with van der Waals surface area (Å²) >= 11 is 4.48. The molecule has 1 aliphatic carbocycles. The van der Waals surface area contributed by atoms with E-state index in [2.05, 4.69) is 28.2 Å². The van der Waals surface area contributed by atoms with Gasteiger partial charge in [0.15, 0.2) is 5.82 Å². The normalized spacial score (nSPS) is 17.9. The molecule has 112 valence electrons. The van der Waals surface area contributed by atoms with E-state index in [1.54, 1.807) is 11.7 Å². The van der Waals surface area contributed by atoms with Crippen molar-refractivity contribution in [2.45, 2.75) is 56.7 Å². The van der Waals surface area contributed by atoms with E-state index in [-0.39, 0.29) is 11.2 Å². The number of carbonyl (C=O) groups excluding carboxylic acids is 1. The fourth-order valence-corrected chi connectivity index (χ4v) is 3.30. The summed E-state index contributed by atoms with van der Waals surface area (Å²) in [6.07, 6.45) is 6.35. The van der Waals surface area contributed by atoms with Crippen LogP contribution in [0.25, 0.3) is 0 Å². The van der Waals surface area contributed by atoms with Gasteiger partial charge in [0, 0.05) is 26.1 Å². The molecule has 0 saturated heterocycles. The molecule has 2 rings (SSSR count). The number of aromatic nitrogens is 4. The largest absolute Gasteiger partial charge is 0.340 e. The van der Waals surface area contributed by atoms with Gasteiger partial charge < -0.3 is 4.90 Å². The van der Waals surface area contributed by atoms with Crippen LogP contribution in [0.1, 0.15) is 56.5 Å². The SMILES string of the molecule is CCN(C(=O)CC(S)c1nnnn1C)C1CCCCC1. The third-order valence-corrected chi connectivity index (χ3v) is 4.41. The van der Waals surface area contributed by atoms with Crippen molar-refractivity contribution in [3.05, 3.63) is 5.82 Å². The van der Waals surface area contributed by atoms with Crippen LogP contribution in [0.5, 0.6) is 0 Å². The summed E-state index contributed by atoms with van der Waals surface area (Å²) in [5.74, 6) is 0.795. The smallest absolute Gasteiger partial charge is 0.224 e. The second-order valence-corrected chi connectivity index (χ2v) is 5.98. The van der Waals surface area contributed by atoms with Gasteiger partial charge in [0.2, 0.25) is 5.91 Å². The maximum absolute atomic E-state index is 12.5. The topological polar surface area (TPSA) is 63.9 Å². The number of carbonyl (C=O) groups is 1. The van der Waals surface area contributed by atoms with Crippen molar-refractivity contribution in [3.63, 3.8) is 0 Å². The number of aryl methyl sites for hydroxylation is 1. The predicted molar refractivity (Wildman–Crippen MR) is 79.4 cm³/mol. The van der Waals surface area contributed by atoms with Gasteiger partial charge in [-0.3, -0.25) is 4.79 Å². The maximum atomic E-state index is 12.5. The number of hydrogen-bond donors (Lipinski definition) is 1. The van der Waals surface area contributed by atoms with Crippen molar-refractivity contribution in [3.8, 4) is 0 Å². The first-order valence-corrected chi connectivity index (χ1v) is 7.85. The van der Waals surface area contributed by atoms with Gasteiger partial charge in [0.25, 0.3) is 0 Å². The van der Waals surface area contributed by atoms with Crippen molar-refractivity contribution < 1.29 is 4.79 Å². The summed E-state index contributed by atoms with van der Waals surface area (Å²) in [6.45, 7) is 2.81. The van der Waals surface area contributed by atoms with Crippen LogP contribution in [0.2, 0.25) is 0 Å². The third kappa shape index (κ3) is 3.50. The Labute approximate surface area is 125 Å². The molecule has 1 saturated carbocycles. The lowest BCUT2D eigenvalue weighted by molar-refractivity contribution is -0.134. The standard InChI is InChI=1S/C13H23N5OS/c1-3-18(10-7-5-4-6-8-10)12(19)9-11(20)13-14-15-16-17(13)2/h10-11,20H,3-9H2,1-2H3. The number of hydrogen-bond acceptors (Lipinski definition) is 5. The highest BCUT2D eigenvalue weighted by molar-refractivity contribution is 7.80. The molecule has 0 N–H and O–H groups in total. The maximum Gasteiger partial charge on any atom is 0.224 e. The minimum atomic E-state index is -0.250. The van der Waals surface area contributed by atoms with Crippen molar-refractivity contribution >= 4 is 18.5 Å². The van der Waals surface area contributed by atoms with E-state index in [0.29, 0.717) is 18.3 Å². The summed E-state index contributed by atoms with van der Waals surface area (Å²) < 4.78 is 1.57. The van der Waals surface area contributed by atoms with Crippen LogP contribution >= 0.6 is 12.6 Å². The Morgan fingerprint density at radius 3 is 2.70 bits per heavy atom. The Balaban J connectivity index is 1.96. The molecule has 0 radical (unpaired) electrons. The second-order valence-electron chi connectivity index (χ2n) is 5.35. The van der Waals surface area contributed by atoms with Crippen LogP contribution in [0, 0.1) is 0 Å². The molecule has 1 aromatic heterocycles. The Morgan fingerprint density at radius 1 is 1.45 bits per heavy atom. The Kier molecular flexibility index (Phi) is 5.39. The van der Waals surface area contributed by atoms with Gasteiger partial charge in [0.1, 0.15) is 0 Å². The molecular weight excluding hydrogens is 274 g/mol. The van der Waals surface area contributed by atoms with Crippen molar-refractivity contribution in [2.24, 2.45) is 7.05 Å². The van der Waals surface area contributed by atoms with Gasteiger partial charge in [-0.25, -0.2) is 4.68 Å². The van der Waals surface area contributed by atoms with Gasteiger partial charge in [-0.2, -0.15) is 12.6 Å².